The number of halogens is 4. The van der Waals surface area contributed by atoms with Crippen molar-refractivity contribution in [1.29, 1.82) is 0 Å². The van der Waals surface area contributed by atoms with E-state index >= 15 is 0 Å². The summed E-state index contributed by atoms with van der Waals surface area (Å²) in [5, 5.41) is 0. The number of aromatic amines is 2. The Labute approximate surface area is 457 Å². The molecule has 2 aliphatic rings. The van der Waals surface area contributed by atoms with Crippen molar-refractivity contribution in [2.24, 2.45) is 0 Å². The maximum atomic E-state index is 5.35. The Balaban J connectivity index is 0.000000513. The SMILES string of the molecule is C1=Cc2nc1c(-c1ccccc1)c1ccc([nH]1)c(-c1ccccc1)c1nc(c(-c3ccccc3)c3ccc([nH]3)c2-c2ccccc2)C=C1.CCCC[N+](CCCC)(CCCC)CCCC.[Al+3].[Br-].[Cl-].[Cl-].[Cl-]. The summed E-state index contributed by atoms with van der Waals surface area (Å²) in [6.07, 6.45) is 19.6. The van der Waals surface area contributed by atoms with E-state index in [1.807, 2.05) is 24.3 Å². The molecule has 0 unspecified atom stereocenters. The number of quaternary nitrogens is 1. The predicted molar refractivity (Wildman–Crippen MR) is 286 cm³/mol. The first-order valence-electron chi connectivity index (χ1n) is 24.3. The molecule has 2 aliphatic heterocycles. The smallest absolute Gasteiger partial charge is 1.00 e. The second-order valence-electron chi connectivity index (χ2n) is 17.6. The van der Waals surface area contributed by atoms with Gasteiger partial charge < -0.3 is 68.7 Å². The van der Waals surface area contributed by atoms with Crippen LogP contribution in [0.1, 0.15) is 102 Å². The molecule has 0 radical (unpaired) electrons. The molecule has 5 nitrogen and oxygen atoms in total. The van der Waals surface area contributed by atoms with Gasteiger partial charge in [-0.05, 0) is 96.5 Å². The fraction of sp³-hybridized carbons (Fsp3) is 0.267. The molecule has 0 saturated carbocycles. The first kappa shape index (κ1) is 59.6. The molecule has 5 heterocycles. The molecular weight excluding hydrogens is 1000 g/mol. The third kappa shape index (κ3) is 14.3. The van der Waals surface area contributed by atoms with Crippen LogP contribution in [0.4, 0.5) is 0 Å². The molecule has 2 N–H and O–H groups in total. The Kier molecular flexibility index (Phi) is 25.2. The number of hydrogen-bond acceptors (Lipinski definition) is 2. The van der Waals surface area contributed by atoms with E-state index in [1.165, 1.54) is 82.0 Å². The average molecular weight is 1070 g/mol. The third-order valence-corrected chi connectivity index (χ3v) is 12.9. The van der Waals surface area contributed by atoms with E-state index < -0.39 is 0 Å². The van der Waals surface area contributed by atoms with Gasteiger partial charge in [-0.25, -0.2) is 9.97 Å². The Morgan fingerprint density at radius 2 is 0.557 bits per heavy atom. The number of H-pyrrole nitrogens is 2. The molecule has 70 heavy (non-hydrogen) atoms. The van der Waals surface area contributed by atoms with Crippen LogP contribution in [-0.2, 0) is 0 Å². The zero-order valence-electron chi connectivity index (χ0n) is 41.1. The number of nitrogens with zero attached hydrogens (tertiary/aromatic N) is 3. The Hall–Kier alpha value is -4.68. The van der Waals surface area contributed by atoms with Gasteiger partial charge in [0.2, 0.25) is 0 Å². The summed E-state index contributed by atoms with van der Waals surface area (Å²) in [6.45, 7) is 15.0. The fourth-order valence-corrected chi connectivity index (χ4v) is 9.48. The van der Waals surface area contributed by atoms with E-state index in [0.717, 1.165) is 89.4 Å². The van der Waals surface area contributed by atoms with Crippen LogP contribution in [0, 0.1) is 0 Å². The summed E-state index contributed by atoms with van der Waals surface area (Å²) in [5.41, 5.74) is 16.2. The second-order valence-corrected chi connectivity index (χ2v) is 17.6. The largest absolute Gasteiger partial charge is 3.00 e. The zero-order chi connectivity index (χ0) is 44.9. The normalized spacial score (nSPS) is 11.1. The third-order valence-electron chi connectivity index (χ3n) is 12.9. The number of unbranched alkanes of at least 4 members (excludes halogenated alkanes) is 4. The maximum absolute atomic E-state index is 5.35. The van der Waals surface area contributed by atoms with Crippen molar-refractivity contribution in [1.82, 2.24) is 19.9 Å². The van der Waals surface area contributed by atoms with Gasteiger partial charge in [-0.1, -0.05) is 175 Å². The monoisotopic (exact) mass is 1070 g/mol. The molecule has 3 aromatic heterocycles. The van der Waals surface area contributed by atoms with E-state index in [0.29, 0.717) is 0 Å². The molecule has 10 heteroatoms. The van der Waals surface area contributed by atoms with Crippen LogP contribution < -0.4 is 54.2 Å². The van der Waals surface area contributed by atoms with Gasteiger partial charge in [-0.2, -0.15) is 0 Å². The minimum Gasteiger partial charge on any atom is -1.00 e. The molecule has 0 saturated heterocycles. The number of nitrogens with one attached hydrogen (secondary N) is 2. The van der Waals surface area contributed by atoms with Crippen LogP contribution in [0.25, 0.3) is 90.9 Å². The summed E-state index contributed by atoms with van der Waals surface area (Å²) in [5.74, 6) is 0. The molecule has 9 rings (SSSR count). The molecule has 4 aromatic carbocycles. The van der Waals surface area contributed by atoms with Gasteiger partial charge >= 0.3 is 17.4 Å². The molecular formula is C60H66AlBrCl3N5. The van der Waals surface area contributed by atoms with Gasteiger partial charge in [0, 0.05) is 44.3 Å². The van der Waals surface area contributed by atoms with Crippen LogP contribution >= 0.6 is 0 Å². The fourth-order valence-electron chi connectivity index (χ4n) is 9.48. The molecule has 0 atom stereocenters. The Morgan fingerprint density at radius 1 is 0.343 bits per heavy atom. The van der Waals surface area contributed by atoms with Crippen molar-refractivity contribution in [2.45, 2.75) is 79.1 Å². The van der Waals surface area contributed by atoms with E-state index in [1.54, 1.807) is 0 Å². The molecule has 8 bridgehead atoms. The second kappa shape index (κ2) is 29.6. The van der Waals surface area contributed by atoms with Crippen LogP contribution in [0.15, 0.2) is 146 Å². The van der Waals surface area contributed by atoms with Gasteiger partial charge in [-0.3, -0.25) is 0 Å². The van der Waals surface area contributed by atoms with Gasteiger partial charge in [0.1, 0.15) is 0 Å². The standard InChI is InChI=1S/C44H30N4.C16H36N.Al.BrH.3ClH/c1-5-13-29(14-6-1)41-33-21-23-35(45-33)42(30-15-7-2-8-16-30)37-25-27-39(47-37)44(32-19-11-4-12-20-32)40-28-26-38(48-40)43(31-17-9-3-10-18-31)36-24-22-34(41)46-36;1-5-9-13-17(14-10-6-2,15-11-7-3)16-12-8-4;;;;;/h1-28,45,48H;5-16H2,1-4H3;;4*1H/q;+1;+3;;;;/p-4. The van der Waals surface area contributed by atoms with E-state index in [2.05, 4.69) is 183 Å². The van der Waals surface area contributed by atoms with Crippen molar-refractivity contribution in [3.63, 3.8) is 0 Å². The van der Waals surface area contributed by atoms with Crippen LogP contribution in [-0.4, -0.2) is 68.0 Å². The summed E-state index contributed by atoms with van der Waals surface area (Å²) in [6, 6.07) is 50.7. The molecule has 0 spiro atoms. The Bertz CT molecular complexity index is 2500. The molecule has 0 fully saturated rings. The first-order valence-corrected chi connectivity index (χ1v) is 24.3. The van der Waals surface area contributed by atoms with Crippen molar-refractivity contribution >= 4 is 63.7 Å². The average Bonchev–Trinajstić information content (AvgIpc) is 4.21. The zero-order valence-corrected chi connectivity index (χ0v) is 46.1. The van der Waals surface area contributed by atoms with Gasteiger partial charge in [0.25, 0.3) is 0 Å². The first-order chi connectivity index (χ1) is 32.0. The summed E-state index contributed by atoms with van der Waals surface area (Å²) in [7, 11) is 0. The number of aromatic nitrogens is 4. The molecule has 362 valence electrons. The maximum Gasteiger partial charge on any atom is 3.00 e. The predicted octanol–water partition coefficient (Wildman–Crippen LogP) is 3.96. The Morgan fingerprint density at radius 3 is 0.757 bits per heavy atom. The molecule has 0 aliphatic carbocycles. The van der Waals surface area contributed by atoms with E-state index in [4.69, 9.17) is 9.97 Å². The van der Waals surface area contributed by atoms with Crippen molar-refractivity contribution in [3.05, 3.63) is 168 Å². The van der Waals surface area contributed by atoms with Gasteiger partial charge in [0.15, 0.2) is 0 Å². The van der Waals surface area contributed by atoms with Crippen molar-refractivity contribution in [3.8, 4) is 44.5 Å². The van der Waals surface area contributed by atoms with Crippen LogP contribution in [0.5, 0.6) is 0 Å². The summed E-state index contributed by atoms with van der Waals surface area (Å²) < 4.78 is 1.42. The van der Waals surface area contributed by atoms with Crippen molar-refractivity contribution < 1.29 is 58.7 Å². The van der Waals surface area contributed by atoms with Crippen LogP contribution in [0.3, 0.4) is 0 Å². The molecule has 7 aromatic rings. The number of fused-ring (bicyclic) bond motifs is 8. The quantitative estimate of drug-likeness (QED) is 0.114. The molecule has 0 amide bonds. The minimum absolute atomic E-state index is 0. The minimum atomic E-state index is 0. The number of hydrogen-bond donors (Lipinski definition) is 2. The summed E-state index contributed by atoms with van der Waals surface area (Å²) in [4.78, 5) is 18.3. The van der Waals surface area contributed by atoms with Gasteiger partial charge in [0.05, 0.1) is 49.0 Å². The summed E-state index contributed by atoms with van der Waals surface area (Å²) >= 11 is 0. The number of benzene rings is 4. The number of rotatable bonds is 16. The van der Waals surface area contributed by atoms with E-state index in [9.17, 15) is 0 Å². The van der Waals surface area contributed by atoms with E-state index in [-0.39, 0.29) is 71.6 Å². The van der Waals surface area contributed by atoms with Crippen LogP contribution in [0.2, 0.25) is 0 Å². The van der Waals surface area contributed by atoms with Crippen molar-refractivity contribution in [2.75, 3.05) is 26.2 Å². The van der Waals surface area contributed by atoms with Gasteiger partial charge in [-0.15, -0.1) is 0 Å². The topological polar surface area (TPSA) is 57.4 Å².